The highest BCUT2D eigenvalue weighted by atomic mass is 35.5. The SMILES string of the molecule is CCOc1ccc(S(=O)(=O)NCCC(=O)NCC2CNC2)cc1.Cl. The molecule has 1 aliphatic heterocycles. The Morgan fingerprint density at radius 1 is 1.29 bits per heavy atom. The molecule has 0 spiro atoms. The van der Waals surface area contributed by atoms with Crippen LogP contribution in [-0.4, -0.2) is 47.1 Å². The Bertz CT molecular complexity index is 618. The summed E-state index contributed by atoms with van der Waals surface area (Å²) in [5.41, 5.74) is 0. The second-order valence-corrected chi connectivity index (χ2v) is 7.15. The molecule has 7 nitrogen and oxygen atoms in total. The van der Waals surface area contributed by atoms with Crippen LogP contribution < -0.4 is 20.1 Å². The summed E-state index contributed by atoms with van der Waals surface area (Å²) in [6.45, 7) is 4.94. The fraction of sp³-hybridized carbons (Fsp3) is 0.533. The summed E-state index contributed by atoms with van der Waals surface area (Å²) in [6.07, 6.45) is 0.121. The molecule has 2 rings (SSSR count). The Labute approximate surface area is 149 Å². The monoisotopic (exact) mass is 377 g/mol. The zero-order valence-corrected chi connectivity index (χ0v) is 15.2. The van der Waals surface area contributed by atoms with E-state index in [-0.39, 0.29) is 36.2 Å². The van der Waals surface area contributed by atoms with Crippen molar-refractivity contribution in [2.75, 3.05) is 32.8 Å². The van der Waals surface area contributed by atoms with Crippen molar-refractivity contribution in [2.24, 2.45) is 5.92 Å². The van der Waals surface area contributed by atoms with Gasteiger partial charge in [0.1, 0.15) is 5.75 Å². The second-order valence-electron chi connectivity index (χ2n) is 5.38. The maximum absolute atomic E-state index is 12.1. The van der Waals surface area contributed by atoms with E-state index in [9.17, 15) is 13.2 Å². The first-order valence-corrected chi connectivity index (χ1v) is 9.19. The third kappa shape index (κ3) is 6.27. The van der Waals surface area contributed by atoms with Crippen LogP contribution in [0, 0.1) is 5.92 Å². The van der Waals surface area contributed by atoms with Gasteiger partial charge in [-0.05, 0) is 31.2 Å². The van der Waals surface area contributed by atoms with Gasteiger partial charge >= 0.3 is 0 Å². The lowest BCUT2D eigenvalue weighted by Crippen LogP contribution is -2.48. The normalized spacial score (nSPS) is 14.4. The topological polar surface area (TPSA) is 96.5 Å². The Kier molecular flexibility index (Phi) is 8.47. The van der Waals surface area contributed by atoms with E-state index in [2.05, 4.69) is 15.4 Å². The number of ether oxygens (including phenoxy) is 1. The van der Waals surface area contributed by atoms with E-state index in [1.807, 2.05) is 6.92 Å². The van der Waals surface area contributed by atoms with E-state index in [1.165, 1.54) is 12.1 Å². The van der Waals surface area contributed by atoms with Gasteiger partial charge in [0.25, 0.3) is 0 Å². The van der Waals surface area contributed by atoms with E-state index < -0.39 is 10.0 Å². The first-order chi connectivity index (χ1) is 11.0. The van der Waals surface area contributed by atoms with Crippen LogP contribution in [-0.2, 0) is 14.8 Å². The summed E-state index contributed by atoms with van der Waals surface area (Å²) in [5, 5.41) is 5.93. The number of sulfonamides is 1. The first kappa shape index (κ1) is 20.7. The van der Waals surface area contributed by atoms with E-state index in [1.54, 1.807) is 12.1 Å². The second kappa shape index (κ2) is 9.83. The number of benzene rings is 1. The molecular weight excluding hydrogens is 354 g/mol. The van der Waals surface area contributed by atoms with Crippen molar-refractivity contribution in [1.29, 1.82) is 0 Å². The minimum Gasteiger partial charge on any atom is -0.494 e. The van der Waals surface area contributed by atoms with Gasteiger partial charge in [-0.2, -0.15) is 0 Å². The molecule has 0 unspecified atom stereocenters. The standard InChI is InChI=1S/C15H23N3O4S.ClH/c1-2-22-13-3-5-14(6-4-13)23(20,21)18-8-7-15(19)17-11-12-9-16-10-12;/h3-6,12,16,18H,2,7-11H2,1H3,(H,17,19);1H. The van der Waals surface area contributed by atoms with Crippen LogP contribution in [0.5, 0.6) is 5.75 Å². The summed E-state index contributed by atoms with van der Waals surface area (Å²) in [5.74, 6) is 0.960. The van der Waals surface area contributed by atoms with Crippen LogP contribution >= 0.6 is 12.4 Å². The van der Waals surface area contributed by atoms with E-state index in [0.717, 1.165) is 13.1 Å². The van der Waals surface area contributed by atoms with Gasteiger partial charge in [-0.25, -0.2) is 13.1 Å². The largest absolute Gasteiger partial charge is 0.494 e. The average molecular weight is 378 g/mol. The molecule has 0 radical (unpaired) electrons. The van der Waals surface area contributed by atoms with Crippen molar-refractivity contribution in [2.45, 2.75) is 18.2 Å². The van der Waals surface area contributed by atoms with Crippen molar-refractivity contribution in [3.8, 4) is 5.75 Å². The number of rotatable bonds is 9. The van der Waals surface area contributed by atoms with Crippen molar-refractivity contribution >= 4 is 28.3 Å². The zero-order valence-electron chi connectivity index (χ0n) is 13.6. The first-order valence-electron chi connectivity index (χ1n) is 7.71. The molecular formula is C15H24ClN3O4S. The highest BCUT2D eigenvalue weighted by Gasteiger charge is 2.18. The molecule has 24 heavy (non-hydrogen) atoms. The molecule has 0 bridgehead atoms. The van der Waals surface area contributed by atoms with E-state index in [4.69, 9.17) is 4.74 Å². The lowest BCUT2D eigenvalue weighted by Gasteiger charge is -2.27. The van der Waals surface area contributed by atoms with Crippen LogP contribution in [0.1, 0.15) is 13.3 Å². The van der Waals surface area contributed by atoms with Gasteiger partial charge in [0.05, 0.1) is 11.5 Å². The average Bonchev–Trinajstić information content (AvgIpc) is 2.46. The van der Waals surface area contributed by atoms with Crippen LogP contribution in [0.25, 0.3) is 0 Å². The van der Waals surface area contributed by atoms with Crippen LogP contribution in [0.2, 0.25) is 0 Å². The maximum atomic E-state index is 12.1. The minimum absolute atomic E-state index is 0. The molecule has 0 aliphatic carbocycles. The number of amides is 1. The summed E-state index contributed by atoms with van der Waals surface area (Å²) >= 11 is 0. The van der Waals surface area contributed by atoms with Gasteiger partial charge < -0.3 is 15.4 Å². The molecule has 1 amide bonds. The van der Waals surface area contributed by atoms with E-state index >= 15 is 0 Å². The van der Waals surface area contributed by atoms with Gasteiger partial charge in [0.2, 0.25) is 15.9 Å². The lowest BCUT2D eigenvalue weighted by molar-refractivity contribution is -0.121. The number of carbonyl (C=O) groups is 1. The van der Waals surface area contributed by atoms with Crippen molar-refractivity contribution < 1.29 is 17.9 Å². The van der Waals surface area contributed by atoms with Crippen LogP contribution in [0.3, 0.4) is 0 Å². The predicted molar refractivity (Wildman–Crippen MR) is 94.0 cm³/mol. The molecule has 1 aromatic carbocycles. The highest BCUT2D eigenvalue weighted by Crippen LogP contribution is 2.15. The molecule has 9 heteroatoms. The van der Waals surface area contributed by atoms with E-state index in [0.29, 0.717) is 24.8 Å². The zero-order chi connectivity index (χ0) is 16.7. The Morgan fingerprint density at radius 2 is 1.96 bits per heavy atom. The summed E-state index contributed by atoms with van der Waals surface area (Å²) in [4.78, 5) is 11.8. The predicted octanol–water partition coefficient (Wildman–Crippen LogP) is 0.511. The number of nitrogens with one attached hydrogen (secondary N) is 3. The summed E-state index contributed by atoms with van der Waals surface area (Å²) < 4.78 is 31.9. The summed E-state index contributed by atoms with van der Waals surface area (Å²) in [7, 11) is -3.61. The molecule has 1 heterocycles. The molecule has 1 fully saturated rings. The Morgan fingerprint density at radius 3 is 2.50 bits per heavy atom. The van der Waals surface area contributed by atoms with Gasteiger partial charge in [0.15, 0.2) is 0 Å². The number of hydrogen-bond donors (Lipinski definition) is 3. The quantitative estimate of drug-likeness (QED) is 0.582. The molecule has 1 aliphatic rings. The Balaban J connectivity index is 0.00000288. The van der Waals surface area contributed by atoms with Crippen molar-refractivity contribution in [3.63, 3.8) is 0 Å². The molecule has 0 aromatic heterocycles. The highest BCUT2D eigenvalue weighted by molar-refractivity contribution is 7.89. The maximum Gasteiger partial charge on any atom is 0.240 e. The summed E-state index contributed by atoms with van der Waals surface area (Å²) in [6, 6.07) is 6.18. The fourth-order valence-corrected chi connectivity index (χ4v) is 3.14. The van der Waals surface area contributed by atoms with Gasteiger partial charge in [0, 0.05) is 38.5 Å². The molecule has 3 N–H and O–H groups in total. The third-order valence-corrected chi connectivity index (χ3v) is 5.02. The van der Waals surface area contributed by atoms with Gasteiger partial charge in [-0.1, -0.05) is 0 Å². The number of hydrogen-bond acceptors (Lipinski definition) is 5. The number of halogens is 1. The van der Waals surface area contributed by atoms with Crippen LogP contribution in [0.15, 0.2) is 29.2 Å². The van der Waals surface area contributed by atoms with Gasteiger partial charge in [-0.3, -0.25) is 4.79 Å². The molecule has 136 valence electrons. The van der Waals surface area contributed by atoms with Crippen molar-refractivity contribution in [1.82, 2.24) is 15.4 Å². The lowest BCUT2D eigenvalue weighted by atomic mass is 10.0. The molecule has 0 atom stereocenters. The molecule has 0 saturated carbocycles. The fourth-order valence-electron chi connectivity index (χ4n) is 2.10. The van der Waals surface area contributed by atoms with Crippen molar-refractivity contribution in [3.05, 3.63) is 24.3 Å². The third-order valence-electron chi connectivity index (χ3n) is 3.54. The molecule has 1 saturated heterocycles. The number of carbonyl (C=O) groups excluding carboxylic acids is 1. The van der Waals surface area contributed by atoms with Crippen LogP contribution in [0.4, 0.5) is 0 Å². The smallest absolute Gasteiger partial charge is 0.240 e. The van der Waals surface area contributed by atoms with Gasteiger partial charge in [-0.15, -0.1) is 12.4 Å². The molecule has 1 aromatic rings. The minimum atomic E-state index is -3.61. The Hall–Kier alpha value is -1.35.